The van der Waals surface area contributed by atoms with Crippen LogP contribution in [-0.2, 0) is 4.79 Å². The number of hydrogen-bond donors (Lipinski definition) is 1. The molecule has 1 aromatic rings. The maximum Gasteiger partial charge on any atom is 0.246 e. The summed E-state index contributed by atoms with van der Waals surface area (Å²) in [7, 11) is 1.74. The van der Waals surface area contributed by atoms with Crippen LogP contribution in [0.3, 0.4) is 0 Å². The lowest BCUT2D eigenvalue weighted by atomic mass is 10.1. The highest BCUT2D eigenvalue weighted by Gasteiger charge is 2.26. The average molecular weight is 244 g/mol. The van der Waals surface area contributed by atoms with Gasteiger partial charge in [-0.15, -0.1) is 0 Å². The number of benzene rings is 1. The predicted molar refractivity (Wildman–Crippen MR) is 70.5 cm³/mol. The van der Waals surface area contributed by atoms with Crippen molar-refractivity contribution in [1.82, 2.24) is 0 Å². The lowest BCUT2D eigenvalue weighted by Crippen LogP contribution is -2.44. The van der Waals surface area contributed by atoms with Crippen LogP contribution in [-0.4, -0.2) is 32.6 Å². The first-order valence-corrected chi connectivity index (χ1v) is 5.93. The molecule has 0 atom stereocenters. The van der Waals surface area contributed by atoms with Gasteiger partial charge in [0.2, 0.25) is 5.91 Å². The fourth-order valence-electron chi connectivity index (χ4n) is 2.10. The van der Waals surface area contributed by atoms with E-state index < -0.39 is 0 Å². The smallest absolute Gasteiger partial charge is 0.246 e. The molecule has 2 N–H and O–H groups in total. The van der Waals surface area contributed by atoms with E-state index in [1.54, 1.807) is 24.1 Å². The average Bonchev–Trinajstić information content (AvgIpc) is 2.40. The monoisotopic (exact) mass is 244 g/mol. The molecule has 2 rings (SSSR count). The number of carbonyl (C=O) groups is 1. The largest absolute Gasteiger partial charge is 0.360 e. The molecule has 0 spiro atoms. The molecule has 0 radical (unpaired) electrons. The maximum absolute atomic E-state index is 11.9. The van der Waals surface area contributed by atoms with E-state index in [1.807, 2.05) is 11.0 Å². The Hall–Kier alpha value is -2.06. The first kappa shape index (κ1) is 12.4. The zero-order valence-corrected chi connectivity index (χ0v) is 10.4. The molecule has 1 aliphatic rings. The van der Waals surface area contributed by atoms with Gasteiger partial charge in [0.1, 0.15) is 0 Å². The number of amides is 1. The van der Waals surface area contributed by atoms with Crippen LogP contribution >= 0.6 is 0 Å². The number of likely N-dealkylation sites (N-methyl/N-ethyl adjacent to an activating group) is 1. The van der Waals surface area contributed by atoms with Crippen LogP contribution in [0.25, 0.3) is 0 Å². The van der Waals surface area contributed by atoms with Gasteiger partial charge in [0, 0.05) is 13.6 Å². The SMILES string of the molecule is CN1C(=O)CN(CCCN)c2ccc(C#N)cc21. The van der Waals surface area contributed by atoms with E-state index in [0.29, 0.717) is 18.7 Å². The van der Waals surface area contributed by atoms with Crippen molar-refractivity contribution in [3.05, 3.63) is 23.8 Å². The summed E-state index contributed by atoms with van der Waals surface area (Å²) < 4.78 is 0. The molecule has 0 aliphatic carbocycles. The van der Waals surface area contributed by atoms with Crippen molar-refractivity contribution in [2.24, 2.45) is 5.73 Å². The standard InChI is InChI=1S/C13H16N4O/c1-16-12-7-10(8-15)3-4-11(12)17(6-2-5-14)9-13(16)18/h3-4,7H,2,5-6,9,14H2,1H3. The number of nitriles is 1. The van der Waals surface area contributed by atoms with Crippen molar-refractivity contribution >= 4 is 17.3 Å². The first-order valence-electron chi connectivity index (χ1n) is 5.93. The van der Waals surface area contributed by atoms with Gasteiger partial charge in [-0.2, -0.15) is 5.26 Å². The van der Waals surface area contributed by atoms with Crippen LogP contribution in [0, 0.1) is 11.3 Å². The lowest BCUT2D eigenvalue weighted by molar-refractivity contribution is -0.117. The molecule has 1 aromatic carbocycles. The third-order valence-electron chi connectivity index (χ3n) is 3.14. The van der Waals surface area contributed by atoms with E-state index in [1.165, 1.54) is 0 Å². The van der Waals surface area contributed by atoms with Crippen LogP contribution in [0.1, 0.15) is 12.0 Å². The third kappa shape index (κ3) is 2.15. The number of rotatable bonds is 3. The molecule has 0 saturated carbocycles. The first-order chi connectivity index (χ1) is 8.67. The fraction of sp³-hybridized carbons (Fsp3) is 0.385. The Morgan fingerprint density at radius 2 is 2.22 bits per heavy atom. The highest BCUT2D eigenvalue weighted by molar-refractivity contribution is 6.03. The topological polar surface area (TPSA) is 73.4 Å². The van der Waals surface area contributed by atoms with E-state index in [2.05, 4.69) is 6.07 Å². The summed E-state index contributed by atoms with van der Waals surface area (Å²) in [4.78, 5) is 15.5. The maximum atomic E-state index is 11.9. The Balaban J connectivity index is 2.39. The number of hydrogen-bond acceptors (Lipinski definition) is 4. The molecule has 18 heavy (non-hydrogen) atoms. The van der Waals surface area contributed by atoms with Crippen molar-refractivity contribution in [3.8, 4) is 6.07 Å². The van der Waals surface area contributed by atoms with E-state index >= 15 is 0 Å². The van der Waals surface area contributed by atoms with Gasteiger partial charge in [-0.1, -0.05) is 0 Å². The van der Waals surface area contributed by atoms with Gasteiger partial charge in [-0.05, 0) is 31.2 Å². The van der Waals surface area contributed by atoms with E-state index in [0.717, 1.165) is 24.3 Å². The van der Waals surface area contributed by atoms with Crippen LogP contribution in [0.15, 0.2) is 18.2 Å². The highest BCUT2D eigenvalue weighted by atomic mass is 16.2. The van der Waals surface area contributed by atoms with Crippen LogP contribution in [0.5, 0.6) is 0 Å². The van der Waals surface area contributed by atoms with Crippen molar-refractivity contribution in [2.75, 3.05) is 36.5 Å². The van der Waals surface area contributed by atoms with Crippen LogP contribution in [0.2, 0.25) is 0 Å². The second-order valence-corrected chi connectivity index (χ2v) is 4.33. The zero-order valence-electron chi connectivity index (χ0n) is 10.4. The molecule has 5 nitrogen and oxygen atoms in total. The van der Waals surface area contributed by atoms with Gasteiger partial charge in [0.15, 0.2) is 0 Å². The molecule has 1 heterocycles. The van der Waals surface area contributed by atoms with E-state index in [-0.39, 0.29) is 5.91 Å². The van der Waals surface area contributed by atoms with Gasteiger partial charge in [-0.3, -0.25) is 4.79 Å². The summed E-state index contributed by atoms with van der Waals surface area (Å²) in [6.07, 6.45) is 0.844. The minimum Gasteiger partial charge on any atom is -0.360 e. The molecule has 0 fully saturated rings. The normalized spacial score (nSPS) is 14.4. The Bertz CT molecular complexity index is 506. The number of fused-ring (bicyclic) bond motifs is 1. The van der Waals surface area contributed by atoms with Gasteiger partial charge in [-0.25, -0.2) is 0 Å². The lowest BCUT2D eigenvalue weighted by Gasteiger charge is -2.35. The summed E-state index contributed by atoms with van der Waals surface area (Å²) in [5, 5.41) is 8.92. The van der Waals surface area contributed by atoms with E-state index in [4.69, 9.17) is 11.0 Å². The minimum atomic E-state index is 0.0367. The summed E-state index contributed by atoms with van der Waals surface area (Å²) >= 11 is 0. The fourth-order valence-corrected chi connectivity index (χ4v) is 2.10. The molecule has 5 heteroatoms. The minimum absolute atomic E-state index is 0.0367. The number of anilines is 2. The molecular weight excluding hydrogens is 228 g/mol. The van der Waals surface area contributed by atoms with Crippen LogP contribution < -0.4 is 15.5 Å². The third-order valence-corrected chi connectivity index (χ3v) is 3.14. The Morgan fingerprint density at radius 1 is 1.44 bits per heavy atom. The summed E-state index contributed by atoms with van der Waals surface area (Å²) in [5.41, 5.74) is 7.86. The summed E-state index contributed by atoms with van der Waals surface area (Å²) in [6.45, 7) is 1.73. The summed E-state index contributed by atoms with van der Waals surface area (Å²) in [5.74, 6) is 0.0367. The molecule has 94 valence electrons. The molecule has 1 aliphatic heterocycles. The molecule has 0 aromatic heterocycles. The van der Waals surface area contributed by atoms with E-state index in [9.17, 15) is 4.79 Å². The molecular formula is C13H16N4O. The van der Waals surface area contributed by atoms with Gasteiger partial charge in [0.05, 0.1) is 29.6 Å². The van der Waals surface area contributed by atoms with Gasteiger partial charge >= 0.3 is 0 Å². The molecule has 1 amide bonds. The predicted octanol–water partition coefficient (Wildman–Crippen LogP) is 0.690. The number of nitrogens with two attached hydrogens (primary N) is 1. The zero-order chi connectivity index (χ0) is 13.1. The Morgan fingerprint density at radius 3 is 2.89 bits per heavy atom. The second kappa shape index (κ2) is 5.07. The molecule has 0 saturated heterocycles. The van der Waals surface area contributed by atoms with Gasteiger partial charge in [0.25, 0.3) is 0 Å². The molecule has 0 bridgehead atoms. The number of nitrogens with zero attached hydrogens (tertiary/aromatic N) is 3. The number of carbonyl (C=O) groups excluding carboxylic acids is 1. The van der Waals surface area contributed by atoms with Crippen molar-refractivity contribution in [3.63, 3.8) is 0 Å². The van der Waals surface area contributed by atoms with Crippen molar-refractivity contribution < 1.29 is 4.79 Å². The Labute approximate surface area is 106 Å². The van der Waals surface area contributed by atoms with Gasteiger partial charge < -0.3 is 15.5 Å². The molecule has 0 unspecified atom stereocenters. The van der Waals surface area contributed by atoms with Crippen LogP contribution in [0.4, 0.5) is 11.4 Å². The Kier molecular flexibility index (Phi) is 3.49. The summed E-state index contributed by atoms with van der Waals surface area (Å²) in [6, 6.07) is 7.52. The quantitative estimate of drug-likeness (QED) is 0.849. The van der Waals surface area contributed by atoms with Crippen molar-refractivity contribution in [1.29, 1.82) is 5.26 Å². The highest BCUT2D eigenvalue weighted by Crippen LogP contribution is 2.33. The second-order valence-electron chi connectivity index (χ2n) is 4.33. The van der Waals surface area contributed by atoms with Crippen molar-refractivity contribution in [2.45, 2.75) is 6.42 Å².